The van der Waals surface area contributed by atoms with Gasteiger partial charge >= 0.3 is 6.03 Å². The molecule has 1 aliphatic heterocycles. The molecule has 1 heterocycles. The van der Waals surface area contributed by atoms with Crippen LogP contribution in [0, 0.1) is 0 Å². The summed E-state index contributed by atoms with van der Waals surface area (Å²) in [5.41, 5.74) is 2.39. The van der Waals surface area contributed by atoms with Gasteiger partial charge in [0, 0.05) is 45.5 Å². The third-order valence-electron chi connectivity index (χ3n) is 4.26. The number of anilines is 1. The van der Waals surface area contributed by atoms with Crippen molar-refractivity contribution in [1.29, 1.82) is 0 Å². The molecule has 0 bridgehead atoms. The van der Waals surface area contributed by atoms with Gasteiger partial charge in [-0.25, -0.2) is 4.79 Å². The van der Waals surface area contributed by atoms with Crippen LogP contribution in [0.1, 0.15) is 5.56 Å². The van der Waals surface area contributed by atoms with E-state index in [0.29, 0.717) is 6.54 Å². The van der Waals surface area contributed by atoms with E-state index in [1.807, 2.05) is 36.2 Å². The van der Waals surface area contributed by atoms with E-state index in [4.69, 9.17) is 0 Å². The van der Waals surface area contributed by atoms with Gasteiger partial charge in [-0.05, 0) is 17.7 Å². The first-order valence-corrected chi connectivity index (χ1v) is 8.08. The maximum Gasteiger partial charge on any atom is 0.320 e. The standard InChI is InChI=1S/C19H23N3O/c1-20(16-17-8-4-2-5-9-17)19(23)22-14-12-21(13-15-22)18-10-6-3-7-11-18/h2-11H,12-16H2,1H3. The largest absolute Gasteiger partial charge is 0.368 e. The Morgan fingerprint density at radius 2 is 1.48 bits per heavy atom. The van der Waals surface area contributed by atoms with Gasteiger partial charge in [-0.2, -0.15) is 0 Å². The molecular formula is C19H23N3O. The van der Waals surface area contributed by atoms with Crippen LogP contribution < -0.4 is 4.90 Å². The van der Waals surface area contributed by atoms with E-state index in [9.17, 15) is 4.79 Å². The summed E-state index contributed by atoms with van der Waals surface area (Å²) in [7, 11) is 1.87. The van der Waals surface area contributed by atoms with Crippen LogP contribution in [0.3, 0.4) is 0 Å². The molecule has 2 aromatic rings. The average molecular weight is 309 g/mol. The second kappa shape index (κ2) is 7.18. The van der Waals surface area contributed by atoms with E-state index in [1.165, 1.54) is 5.69 Å². The number of nitrogens with zero attached hydrogens (tertiary/aromatic N) is 3. The molecule has 0 radical (unpaired) electrons. The Kier molecular flexibility index (Phi) is 4.81. The lowest BCUT2D eigenvalue weighted by Gasteiger charge is -2.37. The molecule has 0 unspecified atom stereocenters. The number of hydrogen-bond acceptors (Lipinski definition) is 2. The molecule has 120 valence electrons. The summed E-state index contributed by atoms with van der Waals surface area (Å²) in [6.07, 6.45) is 0. The summed E-state index contributed by atoms with van der Waals surface area (Å²) >= 11 is 0. The van der Waals surface area contributed by atoms with Crippen LogP contribution in [0.4, 0.5) is 10.5 Å². The van der Waals surface area contributed by atoms with Crippen molar-refractivity contribution in [1.82, 2.24) is 9.80 Å². The highest BCUT2D eigenvalue weighted by Gasteiger charge is 2.23. The summed E-state index contributed by atoms with van der Waals surface area (Å²) in [5, 5.41) is 0. The number of carbonyl (C=O) groups is 1. The number of benzene rings is 2. The van der Waals surface area contributed by atoms with Gasteiger partial charge in [-0.3, -0.25) is 0 Å². The molecule has 4 nitrogen and oxygen atoms in total. The molecule has 0 aliphatic carbocycles. The van der Waals surface area contributed by atoms with E-state index in [1.54, 1.807) is 4.90 Å². The zero-order chi connectivity index (χ0) is 16.1. The molecule has 0 aromatic heterocycles. The summed E-state index contributed by atoms with van der Waals surface area (Å²) in [4.78, 5) is 18.7. The monoisotopic (exact) mass is 309 g/mol. The molecule has 0 atom stereocenters. The molecular weight excluding hydrogens is 286 g/mol. The van der Waals surface area contributed by atoms with Crippen LogP contribution in [0.5, 0.6) is 0 Å². The van der Waals surface area contributed by atoms with E-state index in [0.717, 1.165) is 31.7 Å². The van der Waals surface area contributed by atoms with Crippen molar-refractivity contribution in [2.75, 3.05) is 38.1 Å². The predicted molar refractivity (Wildman–Crippen MR) is 93.5 cm³/mol. The summed E-state index contributed by atoms with van der Waals surface area (Å²) in [6, 6.07) is 20.6. The van der Waals surface area contributed by atoms with Gasteiger partial charge in [-0.1, -0.05) is 48.5 Å². The number of urea groups is 1. The molecule has 0 spiro atoms. The topological polar surface area (TPSA) is 26.8 Å². The first-order valence-electron chi connectivity index (χ1n) is 8.08. The van der Waals surface area contributed by atoms with Gasteiger partial charge in [0.15, 0.2) is 0 Å². The lowest BCUT2D eigenvalue weighted by molar-refractivity contribution is 0.157. The molecule has 1 fully saturated rings. The van der Waals surface area contributed by atoms with Gasteiger partial charge in [-0.15, -0.1) is 0 Å². The van der Waals surface area contributed by atoms with Gasteiger partial charge in [0.2, 0.25) is 0 Å². The Balaban J connectivity index is 1.54. The maximum absolute atomic E-state index is 12.6. The Morgan fingerprint density at radius 1 is 0.913 bits per heavy atom. The minimum absolute atomic E-state index is 0.113. The molecule has 2 amide bonds. The smallest absolute Gasteiger partial charge is 0.320 e. The second-order valence-corrected chi connectivity index (χ2v) is 5.93. The summed E-state index contributed by atoms with van der Waals surface area (Å²) in [5.74, 6) is 0. The number of amides is 2. The van der Waals surface area contributed by atoms with Crippen LogP contribution in [0.15, 0.2) is 60.7 Å². The molecule has 3 rings (SSSR count). The van der Waals surface area contributed by atoms with Gasteiger partial charge in [0.05, 0.1) is 0 Å². The molecule has 2 aromatic carbocycles. The van der Waals surface area contributed by atoms with Crippen LogP contribution >= 0.6 is 0 Å². The van der Waals surface area contributed by atoms with Crippen molar-refractivity contribution in [3.05, 3.63) is 66.2 Å². The molecule has 4 heteroatoms. The minimum atomic E-state index is 0.113. The van der Waals surface area contributed by atoms with E-state index in [-0.39, 0.29) is 6.03 Å². The number of carbonyl (C=O) groups excluding carboxylic acids is 1. The normalized spacial score (nSPS) is 14.7. The first kappa shape index (κ1) is 15.4. The van der Waals surface area contributed by atoms with Crippen molar-refractivity contribution >= 4 is 11.7 Å². The van der Waals surface area contributed by atoms with Crippen molar-refractivity contribution in [3.63, 3.8) is 0 Å². The Labute approximate surface area is 137 Å². The van der Waals surface area contributed by atoms with Crippen LogP contribution in [0.2, 0.25) is 0 Å². The van der Waals surface area contributed by atoms with Gasteiger partial charge in [0.25, 0.3) is 0 Å². The van der Waals surface area contributed by atoms with Crippen LogP contribution in [-0.4, -0.2) is 49.1 Å². The van der Waals surface area contributed by atoms with Gasteiger partial charge < -0.3 is 14.7 Å². The average Bonchev–Trinajstić information content (AvgIpc) is 2.63. The highest BCUT2D eigenvalue weighted by Crippen LogP contribution is 2.16. The van der Waals surface area contributed by atoms with Crippen molar-refractivity contribution < 1.29 is 4.79 Å². The predicted octanol–water partition coefficient (Wildman–Crippen LogP) is 3.06. The third-order valence-corrected chi connectivity index (χ3v) is 4.26. The zero-order valence-corrected chi connectivity index (χ0v) is 13.6. The van der Waals surface area contributed by atoms with Crippen LogP contribution in [-0.2, 0) is 6.54 Å². The molecule has 0 N–H and O–H groups in total. The highest BCUT2D eigenvalue weighted by atomic mass is 16.2. The fourth-order valence-corrected chi connectivity index (χ4v) is 2.96. The Hall–Kier alpha value is -2.49. The second-order valence-electron chi connectivity index (χ2n) is 5.93. The lowest BCUT2D eigenvalue weighted by Crippen LogP contribution is -2.52. The van der Waals surface area contributed by atoms with E-state index in [2.05, 4.69) is 41.3 Å². The summed E-state index contributed by atoms with van der Waals surface area (Å²) in [6.45, 7) is 3.96. The first-order chi connectivity index (χ1) is 11.2. The molecule has 1 aliphatic rings. The van der Waals surface area contributed by atoms with Gasteiger partial charge in [0.1, 0.15) is 0 Å². The molecule has 1 saturated heterocycles. The quantitative estimate of drug-likeness (QED) is 0.871. The lowest BCUT2D eigenvalue weighted by atomic mass is 10.2. The number of piperazine rings is 1. The highest BCUT2D eigenvalue weighted by molar-refractivity contribution is 5.74. The van der Waals surface area contributed by atoms with Crippen molar-refractivity contribution in [2.24, 2.45) is 0 Å². The fraction of sp³-hybridized carbons (Fsp3) is 0.316. The van der Waals surface area contributed by atoms with Crippen molar-refractivity contribution in [3.8, 4) is 0 Å². The minimum Gasteiger partial charge on any atom is -0.368 e. The number of rotatable bonds is 3. The maximum atomic E-state index is 12.6. The van der Waals surface area contributed by atoms with E-state index < -0.39 is 0 Å². The zero-order valence-electron chi connectivity index (χ0n) is 13.6. The van der Waals surface area contributed by atoms with E-state index >= 15 is 0 Å². The third kappa shape index (κ3) is 3.83. The SMILES string of the molecule is CN(Cc1ccccc1)C(=O)N1CCN(c2ccccc2)CC1. The number of para-hydroxylation sites is 1. The Morgan fingerprint density at radius 3 is 2.09 bits per heavy atom. The fourth-order valence-electron chi connectivity index (χ4n) is 2.96. The molecule has 0 saturated carbocycles. The summed E-state index contributed by atoms with van der Waals surface area (Å²) < 4.78 is 0. The van der Waals surface area contributed by atoms with Crippen molar-refractivity contribution in [2.45, 2.75) is 6.54 Å². The number of hydrogen-bond donors (Lipinski definition) is 0. The molecule has 23 heavy (non-hydrogen) atoms. The Bertz CT molecular complexity index is 622. The van der Waals surface area contributed by atoms with Crippen LogP contribution in [0.25, 0.3) is 0 Å².